The summed E-state index contributed by atoms with van der Waals surface area (Å²) in [4.78, 5) is 67.5. The summed E-state index contributed by atoms with van der Waals surface area (Å²) in [6, 6.07) is 10.3. The first kappa shape index (κ1) is 42.2. The van der Waals surface area contributed by atoms with Gasteiger partial charge >= 0.3 is 12.2 Å². The van der Waals surface area contributed by atoms with E-state index >= 15 is 0 Å². The highest BCUT2D eigenvalue weighted by molar-refractivity contribution is 5.87. The number of amides is 4. The van der Waals surface area contributed by atoms with Gasteiger partial charge in [0.05, 0.1) is 49.5 Å². The molecule has 4 aromatic rings. The van der Waals surface area contributed by atoms with E-state index < -0.39 is 85.3 Å². The van der Waals surface area contributed by atoms with E-state index in [2.05, 4.69) is 47.1 Å². The van der Waals surface area contributed by atoms with Crippen molar-refractivity contribution in [2.24, 2.45) is 11.8 Å². The molecule has 0 radical (unpaired) electrons. The van der Waals surface area contributed by atoms with Crippen molar-refractivity contribution in [2.75, 3.05) is 20.2 Å². The normalized spacial score (nSPS) is 18.9. The first-order chi connectivity index (χ1) is 28.0. The fourth-order valence-electron chi connectivity index (χ4n) is 7.28. The minimum atomic E-state index is -3.18. The van der Waals surface area contributed by atoms with Gasteiger partial charge in [0.2, 0.25) is 18.2 Å². The smallest absolute Gasteiger partial charge is 0.407 e. The first-order valence-electron chi connectivity index (χ1n) is 19.0. The molecule has 2 aliphatic heterocycles. The lowest BCUT2D eigenvalue weighted by Gasteiger charge is -2.30. The van der Waals surface area contributed by atoms with E-state index in [1.807, 2.05) is 24.3 Å². The van der Waals surface area contributed by atoms with Crippen LogP contribution in [0.25, 0.3) is 22.5 Å². The maximum Gasteiger partial charge on any atom is 0.407 e. The molecular weight excluding hydrogens is 776 g/mol. The zero-order valence-corrected chi connectivity index (χ0v) is 32.6. The highest BCUT2D eigenvalue weighted by atomic mass is 19.3. The van der Waals surface area contributed by atoms with Crippen LogP contribution in [0.1, 0.15) is 74.9 Å². The second-order valence-electron chi connectivity index (χ2n) is 15.0. The number of rotatable bonds is 11. The minimum Gasteiger partial charge on any atom is -0.465 e. The lowest BCUT2D eigenvalue weighted by atomic mass is 10.0. The van der Waals surface area contributed by atoms with Crippen LogP contribution in [0.5, 0.6) is 0 Å². The zero-order chi connectivity index (χ0) is 42.6. The highest BCUT2D eigenvalue weighted by Crippen LogP contribution is 2.41. The van der Waals surface area contributed by atoms with Gasteiger partial charge in [-0.25, -0.2) is 37.1 Å². The van der Waals surface area contributed by atoms with Gasteiger partial charge in [-0.05, 0) is 54.2 Å². The molecule has 4 amide bonds. The van der Waals surface area contributed by atoms with Gasteiger partial charge in [-0.1, -0.05) is 56.9 Å². The molecule has 2 aromatic carbocycles. The monoisotopic (exact) mass is 820 g/mol. The number of nitrogens with one attached hydrogen (secondary N) is 4. The number of nitrogens with zero attached hydrogens (tertiary/aromatic N) is 4. The molecule has 2 aromatic heterocycles. The Morgan fingerprint density at radius 3 is 1.85 bits per heavy atom. The van der Waals surface area contributed by atoms with Crippen molar-refractivity contribution in [3.8, 4) is 34.4 Å². The number of ether oxygens (including phenoxy) is 1. The van der Waals surface area contributed by atoms with Crippen LogP contribution in [0.4, 0.5) is 27.2 Å². The van der Waals surface area contributed by atoms with E-state index in [1.165, 1.54) is 18.0 Å². The number of carbonyl (C=O) groups excluding carboxylic acids is 3. The zero-order valence-electron chi connectivity index (χ0n) is 32.6. The Bertz CT molecular complexity index is 2220. The molecule has 0 spiro atoms. The fraction of sp³-hybridized carbons (Fsp3) is 0.415. The molecular formula is C41H44F4N8O6. The number of benzene rings is 2. The standard InChI is InChI=1S/C41H44F4N8O6/c1-22(2)32(50-39(56)57)37(54)53-21-41(44,45)18-31(53)36-47-20-29(49-36)27-15-11-25(12-16-27)8-7-24-9-13-26(14-10-24)28-19-46-35(48-28)30-6-5-17-52(30)38(55)33(23(3)34(42)43)51-40(58)59-4/h9-16,19-20,22-23,30-34,50H,5-6,17-18,21H2,1-4H3,(H,46,48)(H,47,49)(H,51,58)(H,56,57)/t23?,30?,31-,32-,33-/m0/s1. The molecule has 18 heteroatoms. The predicted octanol–water partition coefficient (Wildman–Crippen LogP) is 6.36. The summed E-state index contributed by atoms with van der Waals surface area (Å²) in [5, 5.41) is 13.6. The summed E-state index contributed by atoms with van der Waals surface area (Å²) in [6.45, 7) is 3.92. The molecule has 2 fully saturated rings. The molecule has 0 saturated carbocycles. The van der Waals surface area contributed by atoms with Gasteiger partial charge < -0.3 is 40.2 Å². The van der Waals surface area contributed by atoms with Crippen LogP contribution in [0.2, 0.25) is 0 Å². The number of halogens is 4. The van der Waals surface area contributed by atoms with Crippen LogP contribution < -0.4 is 10.6 Å². The Hall–Kier alpha value is -6.38. The number of hydrogen-bond acceptors (Lipinski definition) is 7. The number of imidazole rings is 2. The summed E-state index contributed by atoms with van der Waals surface area (Å²) in [7, 11) is 1.09. The average molecular weight is 821 g/mol. The van der Waals surface area contributed by atoms with Gasteiger partial charge in [-0.3, -0.25) is 9.59 Å². The van der Waals surface area contributed by atoms with E-state index in [1.54, 1.807) is 44.3 Å². The number of carbonyl (C=O) groups is 4. The van der Waals surface area contributed by atoms with Crippen molar-refractivity contribution < 1.29 is 46.6 Å². The average Bonchev–Trinajstić information content (AvgIpc) is 4.04. The Kier molecular flexibility index (Phi) is 12.6. The molecule has 2 aliphatic rings. The van der Waals surface area contributed by atoms with Crippen molar-refractivity contribution >= 4 is 24.0 Å². The molecule has 0 bridgehead atoms. The Morgan fingerprint density at radius 2 is 1.36 bits per heavy atom. The molecule has 5 atom stereocenters. The molecule has 5 N–H and O–H groups in total. The highest BCUT2D eigenvalue weighted by Gasteiger charge is 2.50. The van der Waals surface area contributed by atoms with Gasteiger partial charge in [0.25, 0.3) is 5.92 Å². The van der Waals surface area contributed by atoms with Crippen molar-refractivity contribution in [1.82, 2.24) is 40.4 Å². The number of carboxylic acid groups (broad SMARTS) is 1. The summed E-state index contributed by atoms with van der Waals surface area (Å²) >= 11 is 0. The van der Waals surface area contributed by atoms with Gasteiger partial charge in [-0.15, -0.1) is 0 Å². The fourth-order valence-corrected chi connectivity index (χ4v) is 7.28. The van der Waals surface area contributed by atoms with Crippen molar-refractivity contribution in [1.29, 1.82) is 0 Å². The molecule has 59 heavy (non-hydrogen) atoms. The molecule has 2 unspecified atom stereocenters. The van der Waals surface area contributed by atoms with Crippen LogP contribution in [0, 0.1) is 23.7 Å². The van der Waals surface area contributed by atoms with Crippen LogP contribution in [-0.2, 0) is 14.3 Å². The quantitative estimate of drug-likeness (QED) is 0.0855. The third-order valence-electron chi connectivity index (χ3n) is 10.5. The third kappa shape index (κ3) is 9.67. The number of alkyl carbamates (subject to hydrolysis) is 1. The summed E-state index contributed by atoms with van der Waals surface area (Å²) in [5.74, 6) is 0.422. The van der Waals surface area contributed by atoms with Gasteiger partial charge in [0.1, 0.15) is 23.7 Å². The van der Waals surface area contributed by atoms with Crippen molar-refractivity contribution in [3.05, 3.63) is 83.7 Å². The van der Waals surface area contributed by atoms with Crippen molar-refractivity contribution in [2.45, 2.75) is 76.5 Å². The van der Waals surface area contributed by atoms with E-state index in [0.29, 0.717) is 47.7 Å². The number of H-pyrrole nitrogens is 2. The Morgan fingerprint density at radius 1 is 0.831 bits per heavy atom. The first-order valence-corrected chi connectivity index (χ1v) is 19.0. The molecule has 0 aliphatic carbocycles. The van der Waals surface area contributed by atoms with Crippen molar-refractivity contribution in [3.63, 3.8) is 0 Å². The Labute approximate surface area is 337 Å². The SMILES string of the molecule is COC(=O)N[C@H](C(=O)N1CCCC1c1ncc(-c2ccc(C#Cc3ccc(-c4cnc([C@@H]5CC(F)(F)CN5C(=O)[C@@H](NC(=O)O)C(C)C)[nH]4)cc3)cc2)[nH]1)C(C)C(F)F. The molecule has 6 rings (SSSR count). The van der Waals surface area contributed by atoms with Crippen LogP contribution in [0.15, 0.2) is 60.9 Å². The number of methoxy groups -OCH3 is 1. The van der Waals surface area contributed by atoms with E-state index in [0.717, 1.165) is 23.1 Å². The number of aromatic nitrogens is 4. The number of likely N-dealkylation sites (tertiary alicyclic amines) is 2. The summed E-state index contributed by atoms with van der Waals surface area (Å²) < 4.78 is 61.1. The second-order valence-corrected chi connectivity index (χ2v) is 15.0. The maximum absolute atomic E-state index is 14.6. The predicted molar refractivity (Wildman–Crippen MR) is 206 cm³/mol. The third-order valence-corrected chi connectivity index (χ3v) is 10.5. The number of aromatic amines is 2. The molecule has 2 saturated heterocycles. The van der Waals surface area contributed by atoms with Gasteiger partial charge in [-0.2, -0.15) is 0 Å². The van der Waals surface area contributed by atoms with E-state index in [9.17, 15) is 41.8 Å². The lowest BCUT2D eigenvalue weighted by Crippen LogP contribution is -2.53. The molecule has 4 heterocycles. The maximum atomic E-state index is 14.6. The lowest BCUT2D eigenvalue weighted by molar-refractivity contribution is -0.137. The van der Waals surface area contributed by atoms with Crippen LogP contribution >= 0.6 is 0 Å². The van der Waals surface area contributed by atoms with E-state index in [4.69, 9.17) is 0 Å². The van der Waals surface area contributed by atoms with Crippen LogP contribution in [-0.4, -0.2) is 103 Å². The molecule has 312 valence electrons. The topological polar surface area (TPSA) is 186 Å². The van der Waals surface area contributed by atoms with Gasteiger partial charge in [0, 0.05) is 30.0 Å². The summed E-state index contributed by atoms with van der Waals surface area (Å²) in [5.41, 5.74) is 4.16. The summed E-state index contributed by atoms with van der Waals surface area (Å²) in [6.07, 6.45) is -1.58. The number of alkyl halides is 4. The molecule has 14 nitrogen and oxygen atoms in total. The largest absolute Gasteiger partial charge is 0.465 e. The Balaban J connectivity index is 1.10. The van der Waals surface area contributed by atoms with Crippen LogP contribution in [0.3, 0.4) is 0 Å². The minimum absolute atomic E-state index is 0.165. The number of hydrogen-bond donors (Lipinski definition) is 5. The van der Waals surface area contributed by atoms with E-state index in [-0.39, 0.29) is 5.82 Å². The second kappa shape index (κ2) is 17.6. The van der Waals surface area contributed by atoms with Gasteiger partial charge in [0.15, 0.2) is 0 Å².